The van der Waals surface area contributed by atoms with Crippen molar-refractivity contribution in [2.45, 2.75) is 31.6 Å². The molecule has 2 N–H and O–H groups in total. The van der Waals surface area contributed by atoms with Gasteiger partial charge in [0.25, 0.3) is 0 Å². The highest BCUT2D eigenvalue weighted by atomic mass is 35.5. The molecule has 0 spiro atoms. The van der Waals surface area contributed by atoms with Crippen molar-refractivity contribution < 1.29 is 4.79 Å². The molecule has 2 atom stereocenters. The lowest BCUT2D eigenvalue weighted by atomic mass is 10.0. The van der Waals surface area contributed by atoms with Crippen molar-refractivity contribution in [1.82, 2.24) is 35.5 Å². The molecule has 2 unspecified atom stereocenters. The number of pyridine rings is 1. The van der Waals surface area contributed by atoms with Crippen LogP contribution in [0.2, 0.25) is 10.0 Å². The van der Waals surface area contributed by atoms with Crippen molar-refractivity contribution in [3.63, 3.8) is 0 Å². The molecule has 2 aromatic heterocycles. The van der Waals surface area contributed by atoms with Crippen LogP contribution in [-0.4, -0.2) is 43.1 Å². The summed E-state index contributed by atoms with van der Waals surface area (Å²) in [4.78, 5) is 19.3. The highest BCUT2D eigenvalue weighted by Crippen LogP contribution is 2.30. The van der Waals surface area contributed by atoms with Crippen LogP contribution >= 0.6 is 23.2 Å². The van der Waals surface area contributed by atoms with Gasteiger partial charge in [-0.2, -0.15) is 0 Å². The van der Waals surface area contributed by atoms with Crippen LogP contribution in [0.15, 0.2) is 42.6 Å². The summed E-state index contributed by atoms with van der Waals surface area (Å²) in [6.45, 7) is 1.66. The Morgan fingerprint density at radius 3 is 2.77 bits per heavy atom. The van der Waals surface area contributed by atoms with E-state index in [1.165, 1.54) is 0 Å². The third-order valence-corrected chi connectivity index (χ3v) is 6.25. The summed E-state index contributed by atoms with van der Waals surface area (Å²) < 4.78 is 2.03. The first-order chi connectivity index (χ1) is 14.6. The molecule has 2 aliphatic rings. The fourth-order valence-electron chi connectivity index (χ4n) is 3.92. The molecule has 1 amide bonds. The van der Waals surface area contributed by atoms with Gasteiger partial charge in [0, 0.05) is 25.3 Å². The number of hydrogen-bond donors (Lipinski definition) is 2. The first kappa shape index (κ1) is 19.4. The smallest absolute Gasteiger partial charge is 0.241 e. The third-order valence-electron chi connectivity index (χ3n) is 5.51. The van der Waals surface area contributed by atoms with Crippen molar-refractivity contribution in [3.05, 3.63) is 64.0 Å². The standard InChI is InChI=1S/C20H19Cl2N7O/c21-13-5-4-12(9-14(13)22)16-10-17(25-24-16)20(30)28-7-8-29-18(11-28)26-27-19(29)15-3-1-2-6-23-15/h1-6,9,16-17,24-25H,7-8,10-11H2. The molecule has 3 aromatic rings. The predicted molar refractivity (Wildman–Crippen MR) is 113 cm³/mol. The molecule has 1 fully saturated rings. The van der Waals surface area contributed by atoms with Gasteiger partial charge in [0.1, 0.15) is 11.7 Å². The number of benzene rings is 1. The monoisotopic (exact) mass is 443 g/mol. The molecule has 2 aliphatic heterocycles. The summed E-state index contributed by atoms with van der Waals surface area (Å²) in [6, 6.07) is 10.9. The highest BCUT2D eigenvalue weighted by molar-refractivity contribution is 6.42. The molecule has 0 aliphatic carbocycles. The number of carbonyl (C=O) groups is 1. The molecule has 5 rings (SSSR count). The maximum Gasteiger partial charge on any atom is 0.241 e. The molecule has 0 bridgehead atoms. The fourth-order valence-corrected chi connectivity index (χ4v) is 4.22. The zero-order valence-corrected chi connectivity index (χ0v) is 17.4. The van der Waals surface area contributed by atoms with E-state index in [1.54, 1.807) is 12.3 Å². The number of carbonyl (C=O) groups excluding carboxylic acids is 1. The van der Waals surface area contributed by atoms with Crippen LogP contribution in [0.5, 0.6) is 0 Å². The number of halogens is 2. The number of nitrogens with zero attached hydrogens (tertiary/aromatic N) is 5. The Balaban J connectivity index is 1.27. The van der Waals surface area contributed by atoms with Crippen molar-refractivity contribution in [1.29, 1.82) is 0 Å². The van der Waals surface area contributed by atoms with Gasteiger partial charge >= 0.3 is 0 Å². The van der Waals surface area contributed by atoms with Crippen molar-refractivity contribution in [2.75, 3.05) is 6.54 Å². The molecule has 154 valence electrons. The van der Waals surface area contributed by atoms with Crippen molar-refractivity contribution in [2.24, 2.45) is 0 Å². The number of hydrazine groups is 1. The Morgan fingerprint density at radius 2 is 1.97 bits per heavy atom. The minimum atomic E-state index is -0.325. The average Bonchev–Trinajstić information content (AvgIpc) is 3.43. The van der Waals surface area contributed by atoms with Gasteiger partial charge in [0.15, 0.2) is 11.6 Å². The maximum absolute atomic E-state index is 13.1. The van der Waals surface area contributed by atoms with Crippen LogP contribution in [0.25, 0.3) is 11.5 Å². The molecule has 4 heterocycles. The molecule has 8 nitrogen and oxygen atoms in total. The largest absolute Gasteiger partial charge is 0.332 e. The van der Waals surface area contributed by atoms with Gasteiger partial charge in [-0.05, 0) is 36.2 Å². The van der Waals surface area contributed by atoms with Gasteiger partial charge in [-0.25, -0.2) is 10.9 Å². The number of rotatable bonds is 3. The number of aromatic nitrogens is 4. The van der Waals surface area contributed by atoms with Crippen LogP contribution in [0.1, 0.15) is 23.9 Å². The zero-order chi connectivity index (χ0) is 20.7. The second-order valence-electron chi connectivity index (χ2n) is 7.37. The Morgan fingerprint density at radius 1 is 1.07 bits per heavy atom. The molecule has 0 radical (unpaired) electrons. The first-order valence-corrected chi connectivity index (χ1v) is 10.4. The number of amides is 1. The zero-order valence-electron chi connectivity index (χ0n) is 15.9. The molecule has 1 aromatic carbocycles. The van der Waals surface area contributed by atoms with Gasteiger partial charge in [-0.15, -0.1) is 10.2 Å². The second kappa shape index (κ2) is 7.96. The van der Waals surface area contributed by atoms with E-state index in [0.717, 1.165) is 22.9 Å². The maximum atomic E-state index is 13.1. The molecular weight excluding hydrogens is 425 g/mol. The number of hydrogen-bond acceptors (Lipinski definition) is 6. The quantitative estimate of drug-likeness (QED) is 0.646. The third kappa shape index (κ3) is 3.56. The normalized spacial score (nSPS) is 20.9. The van der Waals surface area contributed by atoms with Gasteiger partial charge < -0.3 is 9.47 Å². The van der Waals surface area contributed by atoms with E-state index in [0.29, 0.717) is 36.1 Å². The predicted octanol–water partition coefficient (Wildman–Crippen LogP) is 2.60. The molecule has 30 heavy (non-hydrogen) atoms. The first-order valence-electron chi connectivity index (χ1n) is 9.68. The van der Waals surface area contributed by atoms with Gasteiger partial charge in [-0.3, -0.25) is 9.78 Å². The second-order valence-corrected chi connectivity index (χ2v) is 8.18. The SMILES string of the molecule is O=C(C1CC(c2ccc(Cl)c(Cl)c2)NN1)N1CCn2c(nnc2-c2ccccn2)C1. The summed E-state index contributed by atoms with van der Waals surface area (Å²) >= 11 is 12.1. The average molecular weight is 444 g/mol. The number of nitrogens with one attached hydrogen (secondary N) is 2. The van der Waals surface area contributed by atoms with E-state index in [1.807, 2.05) is 39.8 Å². The Bertz CT molecular complexity index is 1090. The van der Waals surface area contributed by atoms with E-state index in [9.17, 15) is 4.79 Å². The number of fused-ring (bicyclic) bond motifs is 1. The molecular formula is C20H19Cl2N7O. The van der Waals surface area contributed by atoms with Gasteiger partial charge in [-0.1, -0.05) is 35.3 Å². The van der Waals surface area contributed by atoms with E-state index in [4.69, 9.17) is 23.2 Å². The summed E-state index contributed by atoms with van der Waals surface area (Å²) in [5.41, 5.74) is 8.09. The minimum absolute atomic E-state index is 0.0158. The van der Waals surface area contributed by atoms with Gasteiger partial charge in [0.05, 0.1) is 16.6 Å². The van der Waals surface area contributed by atoms with Crippen LogP contribution in [0, 0.1) is 0 Å². The lowest BCUT2D eigenvalue weighted by Gasteiger charge is -2.29. The molecule has 1 saturated heterocycles. The van der Waals surface area contributed by atoms with Crippen LogP contribution in [0.4, 0.5) is 0 Å². The topological polar surface area (TPSA) is 88.0 Å². The minimum Gasteiger partial charge on any atom is -0.332 e. The van der Waals surface area contributed by atoms with Crippen LogP contribution < -0.4 is 10.9 Å². The highest BCUT2D eigenvalue weighted by Gasteiger charge is 2.35. The van der Waals surface area contributed by atoms with Crippen molar-refractivity contribution in [3.8, 4) is 11.5 Å². The van der Waals surface area contributed by atoms with Gasteiger partial charge in [0.2, 0.25) is 5.91 Å². The lowest BCUT2D eigenvalue weighted by Crippen LogP contribution is -2.48. The molecule has 10 heteroatoms. The van der Waals surface area contributed by atoms with Crippen LogP contribution in [-0.2, 0) is 17.9 Å². The summed E-state index contributed by atoms with van der Waals surface area (Å²) in [5.74, 6) is 1.54. The van der Waals surface area contributed by atoms with E-state index in [2.05, 4.69) is 26.0 Å². The summed E-state index contributed by atoms with van der Waals surface area (Å²) in [5, 5.41) is 9.60. The lowest BCUT2D eigenvalue weighted by molar-refractivity contribution is -0.134. The van der Waals surface area contributed by atoms with Crippen molar-refractivity contribution >= 4 is 29.1 Å². The van der Waals surface area contributed by atoms with Crippen LogP contribution in [0.3, 0.4) is 0 Å². The van der Waals surface area contributed by atoms with E-state index < -0.39 is 0 Å². The summed E-state index contributed by atoms with van der Waals surface area (Å²) in [7, 11) is 0. The van der Waals surface area contributed by atoms with E-state index in [-0.39, 0.29) is 18.0 Å². The summed E-state index contributed by atoms with van der Waals surface area (Å²) in [6.07, 6.45) is 2.36. The Labute approximate surface area is 183 Å². The fraction of sp³-hybridized carbons (Fsp3) is 0.300. The Kier molecular flexibility index (Phi) is 5.16. The molecule has 0 saturated carbocycles. The van der Waals surface area contributed by atoms with E-state index >= 15 is 0 Å². The Hall–Kier alpha value is -2.52.